The summed E-state index contributed by atoms with van der Waals surface area (Å²) in [5, 5.41) is 4.77. The maximum Gasteiger partial charge on any atom is 0.287 e. The molecule has 1 aromatic carbocycles. The average Bonchev–Trinajstić information content (AvgIpc) is 3.25. The highest BCUT2D eigenvalue weighted by atomic mass is 32.2. The Bertz CT molecular complexity index is 794. The van der Waals surface area contributed by atoms with Gasteiger partial charge >= 0.3 is 0 Å². The van der Waals surface area contributed by atoms with Crippen molar-refractivity contribution in [2.45, 2.75) is 17.2 Å². The van der Waals surface area contributed by atoms with Gasteiger partial charge in [-0.15, -0.1) is 11.3 Å². The normalized spacial score (nSPS) is 12.0. The molecule has 0 aliphatic heterocycles. The van der Waals surface area contributed by atoms with E-state index < -0.39 is 10.8 Å². The monoisotopic (exact) mass is 345 g/mol. The summed E-state index contributed by atoms with van der Waals surface area (Å²) in [6.07, 6.45) is 0. The quantitative estimate of drug-likeness (QED) is 0.743. The highest BCUT2D eigenvalue weighted by Gasteiger charge is 2.13. The lowest BCUT2D eigenvalue weighted by molar-refractivity contribution is 0.0922. The summed E-state index contributed by atoms with van der Waals surface area (Å²) in [4.78, 5) is 13.9. The predicted molar refractivity (Wildman–Crippen MR) is 90.8 cm³/mol. The molecule has 3 aromatic rings. The van der Waals surface area contributed by atoms with Crippen LogP contribution in [0.3, 0.4) is 0 Å². The first-order chi connectivity index (χ1) is 11.2. The fraction of sp³-hybridized carbons (Fsp3) is 0.118. The largest absolute Gasteiger partial charge is 0.455 e. The Hall–Kier alpha value is -2.18. The lowest BCUT2D eigenvalue weighted by Crippen LogP contribution is -2.21. The molecule has 0 bridgehead atoms. The number of nitrogens with one attached hydrogen (secondary N) is 1. The molecule has 2 aromatic heterocycles. The van der Waals surface area contributed by atoms with Crippen LogP contribution >= 0.6 is 11.3 Å². The van der Waals surface area contributed by atoms with Crippen molar-refractivity contribution in [3.05, 3.63) is 76.4 Å². The second-order valence-corrected chi connectivity index (χ2v) is 7.31. The highest BCUT2D eigenvalue weighted by Crippen LogP contribution is 2.15. The van der Waals surface area contributed by atoms with Crippen LogP contribution in [0, 0.1) is 0 Å². The summed E-state index contributed by atoms with van der Waals surface area (Å²) in [5.74, 6) is 0.757. The van der Waals surface area contributed by atoms with E-state index in [0.717, 1.165) is 9.77 Å². The SMILES string of the molecule is O=C(NCc1cccs1)c1ccc(CS(=O)c2ccccc2)o1. The maximum atomic E-state index is 12.2. The van der Waals surface area contributed by atoms with Gasteiger partial charge < -0.3 is 9.73 Å². The number of hydrogen-bond acceptors (Lipinski definition) is 4. The van der Waals surface area contributed by atoms with Gasteiger partial charge in [0.1, 0.15) is 5.76 Å². The molecule has 1 unspecified atom stereocenters. The predicted octanol–water partition coefficient (Wildman–Crippen LogP) is 3.58. The van der Waals surface area contributed by atoms with Crippen LogP contribution in [0.2, 0.25) is 0 Å². The Balaban J connectivity index is 1.59. The topological polar surface area (TPSA) is 59.3 Å². The molecule has 1 amide bonds. The Kier molecular flexibility index (Phi) is 5.05. The van der Waals surface area contributed by atoms with Crippen LogP contribution in [0.15, 0.2) is 69.3 Å². The third-order valence-electron chi connectivity index (χ3n) is 3.17. The second-order valence-electron chi connectivity index (χ2n) is 4.83. The van der Waals surface area contributed by atoms with Gasteiger partial charge in [0.05, 0.1) is 23.1 Å². The summed E-state index contributed by atoms with van der Waals surface area (Å²) in [6.45, 7) is 0.475. The van der Waals surface area contributed by atoms with Gasteiger partial charge in [-0.3, -0.25) is 9.00 Å². The number of rotatable bonds is 6. The van der Waals surface area contributed by atoms with E-state index in [0.29, 0.717) is 12.3 Å². The first kappa shape index (κ1) is 15.7. The molecule has 1 atom stereocenters. The lowest BCUT2D eigenvalue weighted by Gasteiger charge is -2.01. The van der Waals surface area contributed by atoms with Crippen LogP contribution in [0.4, 0.5) is 0 Å². The average molecular weight is 345 g/mol. The first-order valence-corrected chi connectivity index (χ1v) is 9.25. The molecular weight excluding hydrogens is 330 g/mol. The molecule has 0 saturated carbocycles. The molecule has 0 aliphatic carbocycles. The van der Waals surface area contributed by atoms with E-state index in [2.05, 4.69) is 5.32 Å². The fourth-order valence-electron chi connectivity index (χ4n) is 2.03. The van der Waals surface area contributed by atoms with Crippen molar-refractivity contribution >= 4 is 28.0 Å². The summed E-state index contributed by atoms with van der Waals surface area (Å²) in [7, 11) is -1.19. The summed E-state index contributed by atoms with van der Waals surface area (Å²) in [5.41, 5.74) is 0. The zero-order valence-electron chi connectivity index (χ0n) is 12.2. The summed E-state index contributed by atoms with van der Waals surface area (Å²) < 4.78 is 17.7. The molecule has 0 aliphatic rings. The van der Waals surface area contributed by atoms with E-state index in [4.69, 9.17) is 4.42 Å². The van der Waals surface area contributed by atoms with Crippen molar-refractivity contribution in [1.82, 2.24) is 5.32 Å². The number of carbonyl (C=O) groups excluding carboxylic acids is 1. The van der Waals surface area contributed by atoms with Crippen molar-refractivity contribution in [2.75, 3.05) is 0 Å². The van der Waals surface area contributed by atoms with Crippen molar-refractivity contribution in [3.63, 3.8) is 0 Å². The van der Waals surface area contributed by atoms with Crippen molar-refractivity contribution in [2.24, 2.45) is 0 Å². The number of benzene rings is 1. The van der Waals surface area contributed by atoms with Crippen LogP contribution in [0.1, 0.15) is 21.2 Å². The van der Waals surface area contributed by atoms with E-state index in [1.165, 1.54) is 0 Å². The minimum Gasteiger partial charge on any atom is -0.455 e. The van der Waals surface area contributed by atoms with Crippen LogP contribution in [0.25, 0.3) is 0 Å². The fourth-order valence-corrected chi connectivity index (χ4v) is 3.72. The van der Waals surface area contributed by atoms with Gasteiger partial charge in [0, 0.05) is 9.77 Å². The molecule has 0 radical (unpaired) electrons. The maximum absolute atomic E-state index is 12.2. The zero-order valence-corrected chi connectivity index (χ0v) is 13.9. The second kappa shape index (κ2) is 7.39. The van der Waals surface area contributed by atoms with E-state index in [9.17, 15) is 9.00 Å². The Morgan fingerprint density at radius 2 is 1.91 bits per heavy atom. The lowest BCUT2D eigenvalue weighted by atomic mass is 10.4. The number of thiophene rings is 1. The molecule has 3 rings (SSSR count). The molecule has 2 heterocycles. The van der Waals surface area contributed by atoms with Crippen LogP contribution < -0.4 is 5.32 Å². The third kappa shape index (κ3) is 4.18. The van der Waals surface area contributed by atoms with Crippen molar-refractivity contribution in [3.8, 4) is 0 Å². The summed E-state index contributed by atoms with van der Waals surface area (Å²) >= 11 is 1.59. The van der Waals surface area contributed by atoms with Crippen molar-refractivity contribution < 1.29 is 13.4 Å². The number of carbonyl (C=O) groups is 1. The minimum absolute atomic E-state index is 0.238. The van der Waals surface area contributed by atoms with Gasteiger partial charge in [0.25, 0.3) is 5.91 Å². The third-order valence-corrected chi connectivity index (χ3v) is 5.39. The van der Waals surface area contributed by atoms with E-state index >= 15 is 0 Å². The molecule has 118 valence electrons. The molecule has 0 spiro atoms. The molecule has 0 fully saturated rings. The van der Waals surface area contributed by atoms with Crippen molar-refractivity contribution in [1.29, 1.82) is 0 Å². The first-order valence-electron chi connectivity index (χ1n) is 7.05. The molecule has 23 heavy (non-hydrogen) atoms. The van der Waals surface area contributed by atoms with Gasteiger partial charge in [-0.05, 0) is 35.7 Å². The standard InChI is InChI=1S/C17H15NO3S2/c19-17(18-11-14-5-4-10-22-14)16-9-8-13(21-16)12-23(20)15-6-2-1-3-7-15/h1-10H,11-12H2,(H,18,19). The van der Waals surface area contributed by atoms with Gasteiger partial charge in [0.2, 0.25) is 0 Å². The van der Waals surface area contributed by atoms with Gasteiger partial charge in [-0.1, -0.05) is 24.3 Å². The Morgan fingerprint density at radius 3 is 2.65 bits per heavy atom. The van der Waals surface area contributed by atoms with Gasteiger partial charge in [-0.25, -0.2) is 0 Å². The van der Waals surface area contributed by atoms with E-state index in [-0.39, 0.29) is 17.4 Å². The molecule has 1 N–H and O–H groups in total. The van der Waals surface area contributed by atoms with Crippen LogP contribution in [0.5, 0.6) is 0 Å². The Morgan fingerprint density at radius 1 is 1.09 bits per heavy atom. The highest BCUT2D eigenvalue weighted by molar-refractivity contribution is 7.84. The number of furan rings is 1. The smallest absolute Gasteiger partial charge is 0.287 e. The van der Waals surface area contributed by atoms with E-state index in [1.807, 2.05) is 47.8 Å². The van der Waals surface area contributed by atoms with Crippen LogP contribution in [-0.4, -0.2) is 10.1 Å². The minimum atomic E-state index is -1.19. The Labute approximate surface area is 140 Å². The van der Waals surface area contributed by atoms with Gasteiger partial charge in [0.15, 0.2) is 5.76 Å². The zero-order chi connectivity index (χ0) is 16.1. The molecule has 6 heteroatoms. The summed E-state index contributed by atoms with van der Waals surface area (Å²) in [6, 6.07) is 16.4. The molecular formula is C17H15NO3S2. The van der Waals surface area contributed by atoms with Crippen LogP contribution in [-0.2, 0) is 23.1 Å². The number of hydrogen-bond donors (Lipinski definition) is 1. The van der Waals surface area contributed by atoms with Gasteiger partial charge in [-0.2, -0.15) is 0 Å². The molecule has 0 saturated heterocycles. The molecule has 4 nitrogen and oxygen atoms in total. The van der Waals surface area contributed by atoms with E-state index in [1.54, 1.807) is 23.5 Å². The number of amides is 1.